The van der Waals surface area contributed by atoms with E-state index in [-0.39, 0.29) is 18.1 Å². The molecule has 2 atom stereocenters. The normalized spacial score (nSPS) is 26.9. The quantitative estimate of drug-likeness (QED) is 0.823. The molecule has 0 spiro atoms. The van der Waals surface area contributed by atoms with Crippen LogP contribution in [0.4, 0.5) is 0 Å². The van der Waals surface area contributed by atoms with Gasteiger partial charge in [-0.2, -0.15) is 5.26 Å². The van der Waals surface area contributed by atoms with E-state index in [9.17, 15) is 4.79 Å². The summed E-state index contributed by atoms with van der Waals surface area (Å²) in [6, 6.07) is 4.11. The van der Waals surface area contributed by atoms with Crippen molar-refractivity contribution in [3.8, 4) is 6.07 Å². The number of nitriles is 1. The maximum atomic E-state index is 12.0. The van der Waals surface area contributed by atoms with Crippen molar-refractivity contribution >= 4 is 5.91 Å². The van der Waals surface area contributed by atoms with Gasteiger partial charge in [0.2, 0.25) is 5.91 Å². The number of carbonyl (C=O) groups excluding carboxylic acids is 1. The van der Waals surface area contributed by atoms with Gasteiger partial charge in [0.25, 0.3) is 0 Å². The largest absolute Gasteiger partial charge is 0.340 e. The summed E-state index contributed by atoms with van der Waals surface area (Å²) in [6.07, 6.45) is 3.14. The van der Waals surface area contributed by atoms with Gasteiger partial charge in [-0.1, -0.05) is 6.42 Å². The van der Waals surface area contributed by atoms with E-state index in [1.54, 1.807) is 0 Å². The Morgan fingerprint density at radius 1 is 1.47 bits per heavy atom. The van der Waals surface area contributed by atoms with Gasteiger partial charge in [0, 0.05) is 24.8 Å². The Morgan fingerprint density at radius 3 is 2.95 bits per heavy atom. The number of rotatable bonds is 1. The third kappa shape index (κ3) is 1.75. The van der Waals surface area contributed by atoms with Crippen molar-refractivity contribution in [1.29, 1.82) is 5.26 Å². The van der Waals surface area contributed by atoms with Gasteiger partial charge in [0.1, 0.15) is 17.9 Å². The van der Waals surface area contributed by atoms with Crippen LogP contribution in [0.5, 0.6) is 0 Å². The average molecular weight is 258 g/mol. The molecule has 0 aromatic carbocycles. The molecule has 3 rings (SSSR count). The molecule has 2 unspecified atom stereocenters. The van der Waals surface area contributed by atoms with Crippen molar-refractivity contribution < 1.29 is 4.79 Å². The Morgan fingerprint density at radius 2 is 2.26 bits per heavy atom. The standard InChI is InChI=1S/C14H18N4O/c1-9-11(7-10(8-15)17(9)2)13-16-14(19)12-5-3-4-6-18(12)13/h7,12-13H,3-6H2,1-2H3,(H,16,19). The molecule has 1 amide bonds. The van der Waals surface area contributed by atoms with Crippen LogP contribution >= 0.6 is 0 Å². The summed E-state index contributed by atoms with van der Waals surface area (Å²) >= 11 is 0. The molecule has 5 heteroatoms. The molecule has 100 valence electrons. The van der Waals surface area contributed by atoms with Crippen molar-refractivity contribution in [2.24, 2.45) is 7.05 Å². The Kier molecular flexibility index (Phi) is 2.83. The van der Waals surface area contributed by atoms with Crippen LogP contribution in [-0.4, -0.2) is 28.0 Å². The van der Waals surface area contributed by atoms with Gasteiger partial charge in [0.05, 0.1) is 6.04 Å². The molecule has 2 fully saturated rings. The lowest BCUT2D eigenvalue weighted by Gasteiger charge is -2.31. The van der Waals surface area contributed by atoms with Gasteiger partial charge in [0.15, 0.2) is 0 Å². The van der Waals surface area contributed by atoms with Gasteiger partial charge in [-0.05, 0) is 25.8 Å². The highest BCUT2D eigenvalue weighted by molar-refractivity contribution is 5.84. The molecule has 0 saturated carbocycles. The first kappa shape index (κ1) is 12.2. The summed E-state index contributed by atoms with van der Waals surface area (Å²) in [5.41, 5.74) is 2.74. The zero-order valence-electron chi connectivity index (χ0n) is 11.3. The van der Waals surface area contributed by atoms with Crippen LogP contribution in [0.3, 0.4) is 0 Å². The summed E-state index contributed by atoms with van der Waals surface area (Å²) < 4.78 is 1.89. The van der Waals surface area contributed by atoms with Crippen molar-refractivity contribution in [2.75, 3.05) is 6.54 Å². The van der Waals surface area contributed by atoms with E-state index < -0.39 is 0 Å². The number of amides is 1. The fourth-order valence-electron chi connectivity index (χ4n) is 3.22. The number of hydrogen-bond acceptors (Lipinski definition) is 3. The molecule has 19 heavy (non-hydrogen) atoms. The van der Waals surface area contributed by atoms with Crippen molar-refractivity contribution in [2.45, 2.75) is 38.4 Å². The number of aromatic nitrogens is 1. The van der Waals surface area contributed by atoms with E-state index in [1.807, 2.05) is 24.6 Å². The van der Waals surface area contributed by atoms with Gasteiger partial charge in [-0.3, -0.25) is 9.69 Å². The maximum absolute atomic E-state index is 12.0. The van der Waals surface area contributed by atoms with E-state index in [4.69, 9.17) is 5.26 Å². The second kappa shape index (κ2) is 4.39. The molecule has 2 saturated heterocycles. The fourth-order valence-corrected chi connectivity index (χ4v) is 3.22. The highest BCUT2D eigenvalue weighted by atomic mass is 16.2. The Labute approximate surface area is 112 Å². The smallest absolute Gasteiger partial charge is 0.238 e. The molecule has 5 nitrogen and oxygen atoms in total. The Bertz CT molecular complexity index is 569. The van der Waals surface area contributed by atoms with Crippen molar-refractivity contribution in [3.05, 3.63) is 23.0 Å². The van der Waals surface area contributed by atoms with Crippen LogP contribution in [0.15, 0.2) is 6.07 Å². The predicted octanol–water partition coefficient (Wildman–Crippen LogP) is 1.19. The van der Waals surface area contributed by atoms with E-state index in [1.165, 1.54) is 0 Å². The first-order chi connectivity index (χ1) is 9.13. The molecule has 3 heterocycles. The molecule has 2 aliphatic rings. The van der Waals surface area contributed by atoms with Crippen LogP contribution in [0.2, 0.25) is 0 Å². The SMILES string of the molecule is Cc1c(C2NC(=O)C3CCCCN32)cc(C#N)n1C. The first-order valence-corrected chi connectivity index (χ1v) is 6.76. The number of nitrogens with zero attached hydrogens (tertiary/aromatic N) is 3. The van der Waals surface area contributed by atoms with E-state index >= 15 is 0 Å². The van der Waals surface area contributed by atoms with Gasteiger partial charge < -0.3 is 9.88 Å². The molecule has 1 aromatic rings. The van der Waals surface area contributed by atoms with E-state index in [2.05, 4.69) is 16.3 Å². The molecular weight excluding hydrogens is 240 g/mol. The van der Waals surface area contributed by atoms with Gasteiger partial charge >= 0.3 is 0 Å². The van der Waals surface area contributed by atoms with Crippen LogP contribution in [0.1, 0.15) is 42.4 Å². The summed E-state index contributed by atoms with van der Waals surface area (Å²) in [7, 11) is 1.89. The van der Waals surface area contributed by atoms with E-state index in [0.717, 1.165) is 37.1 Å². The van der Waals surface area contributed by atoms with Crippen LogP contribution in [-0.2, 0) is 11.8 Å². The van der Waals surface area contributed by atoms with Crippen molar-refractivity contribution in [3.63, 3.8) is 0 Å². The second-order valence-electron chi connectivity index (χ2n) is 5.40. The van der Waals surface area contributed by atoms with Crippen LogP contribution < -0.4 is 5.32 Å². The molecular formula is C14H18N4O. The monoisotopic (exact) mass is 258 g/mol. The molecule has 0 radical (unpaired) electrons. The summed E-state index contributed by atoms with van der Waals surface area (Å²) in [4.78, 5) is 14.3. The Balaban J connectivity index is 1.99. The number of hydrogen-bond donors (Lipinski definition) is 1. The molecule has 1 N–H and O–H groups in total. The predicted molar refractivity (Wildman–Crippen MR) is 70.1 cm³/mol. The lowest BCUT2D eigenvalue weighted by molar-refractivity contribution is -0.122. The zero-order chi connectivity index (χ0) is 13.6. The van der Waals surface area contributed by atoms with Crippen LogP contribution in [0, 0.1) is 18.3 Å². The average Bonchev–Trinajstić information content (AvgIpc) is 2.90. The third-order valence-corrected chi connectivity index (χ3v) is 4.44. The topological polar surface area (TPSA) is 61.1 Å². The fraction of sp³-hybridized carbons (Fsp3) is 0.571. The third-order valence-electron chi connectivity index (χ3n) is 4.44. The summed E-state index contributed by atoms with van der Waals surface area (Å²) in [5.74, 6) is 0.131. The first-order valence-electron chi connectivity index (χ1n) is 6.76. The lowest BCUT2D eigenvalue weighted by atomic mass is 10.0. The number of piperidine rings is 1. The number of carbonyl (C=O) groups is 1. The maximum Gasteiger partial charge on any atom is 0.238 e. The van der Waals surface area contributed by atoms with Gasteiger partial charge in [-0.25, -0.2) is 0 Å². The molecule has 1 aromatic heterocycles. The Hall–Kier alpha value is -1.80. The van der Waals surface area contributed by atoms with Crippen molar-refractivity contribution in [1.82, 2.24) is 14.8 Å². The number of nitrogens with one attached hydrogen (secondary N) is 1. The molecule has 2 aliphatic heterocycles. The summed E-state index contributed by atoms with van der Waals surface area (Å²) in [5, 5.41) is 12.2. The minimum Gasteiger partial charge on any atom is -0.340 e. The second-order valence-corrected chi connectivity index (χ2v) is 5.40. The minimum atomic E-state index is -0.0638. The molecule has 0 aliphatic carbocycles. The molecule has 0 bridgehead atoms. The summed E-state index contributed by atoms with van der Waals surface area (Å²) in [6.45, 7) is 2.95. The van der Waals surface area contributed by atoms with E-state index in [0.29, 0.717) is 5.69 Å². The van der Waals surface area contributed by atoms with Crippen LogP contribution in [0.25, 0.3) is 0 Å². The van der Waals surface area contributed by atoms with Gasteiger partial charge in [-0.15, -0.1) is 0 Å². The number of fused-ring (bicyclic) bond motifs is 1. The zero-order valence-corrected chi connectivity index (χ0v) is 11.3. The highest BCUT2D eigenvalue weighted by Gasteiger charge is 2.42. The highest BCUT2D eigenvalue weighted by Crippen LogP contribution is 2.34. The minimum absolute atomic E-state index is 0.0175. The lowest BCUT2D eigenvalue weighted by Crippen LogP contribution is -2.38.